The van der Waals surface area contributed by atoms with Gasteiger partial charge in [0.25, 0.3) is 5.91 Å². The summed E-state index contributed by atoms with van der Waals surface area (Å²) in [6.45, 7) is 3.93. The molecule has 0 spiro atoms. The average molecular weight is 498 g/mol. The van der Waals surface area contributed by atoms with Crippen LogP contribution in [-0.2, 0) is 4.74 Å². The molecule has 186 valence electrons. The number of aliphatic hydroxyl groups excluding tert-OH is 1. The third-order valence-corrected chi connectivity index (χ3v) is 7.39. The Bertz CT molecular complexity index is 1200. The fraction of sp³-hybridized carbons (Fsp3) is 0.400. The van der Waals surface area contributed by atoms with Gasteiger partial charge in [-0.25, -0.2) is 9.78 Å². The number of nitrogens with two attached hydrogens (primary N) is 1. The number of benzene rings is 1. The van der Waals surface area contributed by atoms with E-state index in [-0.39, 0.29) is 12.5 Å². The van der Waals surface area contributed by atoms with Crippen LogP contribution in [0.3, 0.4) is 0 Å². The fourth-order valence-electron chi connectivity index (χ4n) is 4.40. The number of nitrogens with zero attached hydrogens (tertiary/aromatic N) is 4. The first-order valence-electron chi connectivity index (χ1n) is 11.7. The first-order chi connectivity index (χ1) is 16.9. The van der Waals surface area contributed by atoms with Gasteiger partial charge in [0, 0.05) is 63.8 Å². The van der Waals surface area contributed by atoms with Crippen molar-refractivity contribution in [3.05, 3.63) is 47.0 Å². The molecule has 0 unspecified atom stereocenters. The van der Waals surface area contributed by atoms with Crippen LogP contribution in [0.15, 0.2) is 36.5 Å². The number of fused-ring (bicyclic) bond motifs is 1. The summed E-state index contributed by atoms with van der Waals surface area (Å²) in [5.74, 6) is -0.492. The lowest BCUT2D eigenvalue weighted by Crippen LogP contribution is -2.31. The van der Waals surface area contributed by atoms with E-state index in [4.69, 9.17) is 15.6 Å². The van der Waals surface area contributed by atoms with E-state index in [1.165, 1.54) is 18.4 Å². The number of esters is 1. The highest BCUT2D eigenvalue weighted by Gasteiger charge is 2.24. The lowest BCUT2D eigenvalue weighted by molar-refractivity contribution is 0.0607. The summed E-state index contributed by atoms with van der Waals surface area (Å²) in [7, 11) is 3.10. The molecule has 1 amide bonds. The minimum Gasteiger partial charge on any atom is -0.465 e. The van der Waals surface area contributed by atoms with E-state index in [1.807, 2.05) is 30.3 Å². The number of carbonyl (C=O) groups is 2. The van der Waals surface area contributed by atoms with Crippen LogP contribution in [0.25, 0.3) is 10.2 Å². The number of aliphatic hydroxyl groups is 1. The molecule has 3 aromatic rings. The minimum absolute atomic E-state index is 0.0478. The summed E-state index contributed by atoms with van der Waals surface area (Å²) in [6.07, 6.45) is 3.27. The van der Waals surface area contributed by atoms with Gasteiger partial charge < -0.3 is 30.3 Å². The third-order valence-electron chi connectivity index (χ3n) is 6.29. The number of nitrogen functional groups attached to an aromatic ring is 1. The number of hydrogen-bond acceptors (Lipinski definition) is 9. The Morgan fingerprint density at radius 1 is 1.14 bits per heavy atom. The zero-order chi connectivity index (χ0) is 24.9. The number of pyridine rings is 1. The van der Waals surface area contributed by atoms with Crippen molar-refractivity contribution in [1.82, 2.24) is 9.88 Å². The maximum Gasteiger partial charge on any atom is 0.350 e. The SMILES string of the molecule is COC(=O)c1sc2nccc(N3CCCN(c4ccc(C(=O)N(C)CCCO)cc4)CC3)c2c1N. The molecule has 0 bridgehead atoms. The molecule has 3 N–H and O–H groups in total. The molecule has 0 radical (unpaired) electrons. The van der Waals surface area contributed by atoms with Gasteiger partial charge in [-0.2, -0.15) is 0 Å². The molecule has 35 heavy (non-hydrogen) atoms. The number of ether oxygens (including phenoxy) is 1. The van der Waals surface area contributed by atoms with Gasteiger partial charge in [-0.05, 0) is 43.2 Å². The van der Waals surface area contributed by atoms with E-state index in [1.54, 1.807) is 18.1 Å². The van der Waals surface area contributed by atoms with Crippen LogP contribution in [0.1, 0.15) is 32.9 Å². The lowest BCUT2D eigenvalue weighted by atomic mass is 10.1. The Hall–Kier alpha value is -3.37. The normalized spacial score (nSPS) is 14.1. The molecule has 1 aromatic carbocycles. The second-order valence-electron chi connectivity index (χ2n) is 8.53. The van der Waals surface area contributed by atoms with Crippen LogP contribution < -0.4 is 15.5 Å². The summed E-state index contributed by atoms with van der Waals surface area (Å²) in [6, 6.07) is 9.67. The highest BCUT2D eigenvalue weighted by Crippen LogP contribution is 2.39. The van der Waals surface area contributed by atoms with Crippen LogP contribution in [0.2, 0.25) is 0 Å². The number of methoxy groups -OCH3 is 1. The molecule has 1 aliphatic rings. The smallest absolute Gasteiger partial charge is 0.350 e. The molecule has 1 fully saturated rings. The molecular formula is C25H31N5O4S. The van der Waals surface area contributed by atoms with Crippen molar-refractivity contribution in [1.29, 1.82) is 0 Å². The van der Waals surface area contributed by atoms with Crippen molar-refractivity contribution < 1.29 is 19.4 Å². The number of anilines is 3. The van der Waals surface area contributed by atoms with Crippen LogP contribution in [0.5, 0.6) is 0 Å². The van der Waals surface area contributed by atoms with Crippen molar-refractivity contribution >= 4 is 50.5 Å². The average Bonchev–Trinajstić information content (AvgIpc) is 3.06. The lowest BCUT2D eigenvalue weighted by Gasteiger charge is -2.25. The minimum atomic E-state index is -0.444. The summed E-state index contributed by atoms with van der Waals surface area (Å²) < 4.78 is 4.88. The number of thiophene rings is 1. The van der Waals surface area contributed by atoms with Crippen molar-refractivity contribution in [2.45, 2.75) is 12.8 Å². The summed E-state index contributed by atoms with van der Waals surface area (Å²) in [5, 5.41) is 9.79. The topological polar surface area (TPSA) is 112 Å². The maximum absolute atomic E-state index is 12.6. The number of amides is 1. The Balaban J connectivity index is 1.48. The van der Waals surface area contributed by atoms with Crippen LogP contribution in [0.4, 0.5) is 17.1 Å². The first kappa shape index (κ1) is 24.7. The van der Waals surface area contributed by atoms with Gasteiger partial charge >= 0.3 is 5.97 Å². The predicted octanol–water partition coefficient (Wildman–Crippen LogP) is 2.84. The quantitative estimate of drug-likeness (QED) is 0.479. The fourth-order valence-corrected chi connectivity index (χ4v) is 5.40. The third kappa shape index (κ3) is 5.18. The molecule has 1 aliphatic heterocycles. The monoisotopic (exact) mass is 497 g/mol. The van der Waals surface area contributed by atoms with Gasteiger partial charge in [-0.3, -0.25) is 4.79 Å². The number of aromatic nitrogens is 1. The van der Waals surface area contributed by atoms with Crippen LogP contribution in [0, 0.1) is 0 Å². The Morgan fingerprint density at radius 2 is 1.86 bits per heavy atom. The van der Waals surface area contributed by atoms with E-state index >= 15 is 0 Å². The van der Waals surface area contributed by atoms with Gasteiger partial charge in [-0.15, -0.1) is 11.3 Å². The number of carbonyl (C=O) groups excluding carboxylic acids is 2. The van der Waals surface area contributed by atoms with Gasteiger partial charge in [0.05, 0.1) is 23.9 Å². The van der Waals surface area contributed by atoms with Gasteiger partial charge in [0.1, 0.15) is 9.71 Å². The first-order valence-corrected chi connectivity index (χ1v) is 12.5. The molecule has 9 nitrogen and oxygen atoms in total. The van der Waals surface area contributed by atoms with Gasteiger partial charge in [0.15, 0.2) is 0 Å². The largest absolute Gasteiger partial charge is 0.465 e. The molecule has 0 aliphatic carbocycles. The standard InChI is InChI=1S/C25H31N5O4S/c1-28(11-4-16-31)24(32)17-5-7-18(8-6-17)29-12-3-13-30(15-14-29)19-9-10-27-23-20(19)21(26)22(35-23)25(33)34-2/h5-10,31H,3-4,11-16,26H2,1-2H3. The van der Waals surface area contributed by atoms with Gasteiger partial charge in [-0.1, -0.05) is 0 Å². The molecular weight excluding hydrogens is 466 g/mol. The maximum atomic E-state index is 12.6. The molecule has 2 aromatic heterocycles. The van der Waals surface area contributed by atoms with Crippen molar-refractivity contribution in [3.8, 4) is 0 Å². The van der Waals surface area contributed by atoms with Crippen molar-refractivity contribution in [2.24, 2.45) is 0 Å². The predicted molar refractivity (Wildman–Crippen MR) is 140 cm³/mol. The molecule has 4 rings (SSSR count). The second kappa shape index (κ2) is 10.9. The highest BCUT2D eigenvalue weighted by molar-refractivity contribution is 7.21. The molecule has 1 saturated heterocycles. The molecule has 0 saturated carbocycles. The molecule has 3 heterocycles. The zero-order valence-electron chi connectivity index (χ0n) is 20.1. The van der Waals surface area contributed by atoms with E-state index in [2.05, 4.69) is 14.8 Å². The number of rotatable bonds is 7. The van der Waals surface area contributed by atoms with E-state index in [0.29, 0.717) is 29.1 Å². The summed E-state index contributed by atoms with van der Waals surface area (Å²) in [4.78, 5) is 36.5. The van der Waals surface area contributed by atoms with E-state index < -0.39 is 5.97 Å². The zero-order valence-corrected chi connectivity index (χ0v) is 20.9. The van der Waals surface area contributed by atoms with E-state index in [0.717, 1.165) is 54.2 Å². The van der Waals surface area contributed by atoms with Gasteiger partial charge in [0.2, 0.25) is 0 Å². The summed E-state index contributed by atoms with van der Waals surface area (Å²) >= 11 is 1.26. The molecule has 0 atom stereocenters. The van der Waals surface area contributed by atoms with Crippen molar-refractivity contribution in [2.75, 3.05) is 69.0 Å². The summed E-state index contributed by atoms with van der Waals surface area (Å²) in [5.41, 5.74) is 9.47. The van der Waals surface area contributed by atoms with Crippen LogP contribution >= 0.6 is 11.3 Å². The Kier molecular flexibility index (Phi) is 7.72. The number of hydrogen-bond donors (Lipinski definition) is 2. The molecule has 10 heteroatoms. The van der Waals surface area contributed by atoms with Crippen LogP contribution in [-0.4, -0.2) is 80.4 Å². The highest BCUT2D eigenvalue weighted by atomic mass is 32.1. The second-order valence-corrected chi connectivity index (χ2v) is 9.52. The van der Waals surface area contributed by atoms with Crippen molar-refractivity contribution in [3.63, 3.8) is 0 Å². The Labute approximate surface area is 208 Å². The Morgan fingerprint density at radius 3 is 2.57 bits per heavy atom. The van der Waals surface area contributed by atoms with E-state index in [9.17, 15) is 9.59 Å².